The van der Waals surface area contributed by atoms with Crippen molar-refractivity contribution in [2.75, 3.05) is 7.11 Å². The monoisotopic (exact) mass is 372 g/mol. The van der Waals surface area contributed by atoms with Gasteiger partial charge in [0.2, 0.25) is 0 Å². The van der Waals surface area contributed by atoms with E-state index in [9.17, 15) is 4.79 Å². The predicted molar refractivity (Wildman–Crippen MR) is 109 cm³/mol. The molecule has 0 amide bonds. The largest absolute Gasteiger partial charge is 0.497 e. The molecule has 0 bridgehead atoms. The summed E-state index contributed by atoms with van der Waals surface area (Å²) in [5.41, 5.74) is 4.32. The molecule has 0 saturated heterocycles. The third-order valence-electron chi connectivity index (χ3n) is 4.85. The van der Waals surface area contributed by atoms with Crippen LogP contribution in [-0.4, -0.2) is 29.2 Å². The molecular weight excluding hydrogens is 352 g/mol. The van der Waals surface area contributed by atoms with Crippen molar-refractivity contribution in [2.24, 2.45) is 10.2 Å². The Morgan fingerprint density at radius 3 is 2.64 bits per heavy atom. The van der Waals surface area contributed by atoms with Crippen LogP contribution >= 0.6 is 0 Å². The van der Waals surface area contributed by atoms with E-state index in [2.05, 4.69) is 32.5 Å². The van der Waals surface area contributed by atoms with Crippen LogP contribution in [0.5, 0.6) is 5.75 Å². The van der Waals surface area contributed by atoms with Gasteiger partial charge in [-0.3, -0.25) is 4.79 Å². The topological polar surface area (TPSA) is 79.7 Å². The molecule has 1 atom stereocenters. The quantitative estimate of drug-likeness (QED) is 0.563. The fraction of sp³-hybridized carbons (Fsp3) is 0.182. The highest BCUT2D eigenvalue weighted by molar-refractivity contribution is 6.03. The van der Waals surface area contributed by atoms with Crippen LogP contribution < -0.4 is 10.3 Å². The van der Waals surface area contributed by atoms with E-state index in [1.54, 1.807) is 19.4 Å². The molecule has 1 N–H and O–H groups in total. The molecule has 1 aliphatic rings. The lowest BCUT2D eigenvalue weighted by Gasteiger charge is -2.24. The second kappa shape index (κ2) is 8.00. The molecule has 0 saturated carbocycles. The van der Waals surface area contributed by atoms with Crippen molar-refractivity contribution in [2.45, 2.75) is 18.8 Å². The summed E-state index contributed by atoms with van der Waals surface area (Å²) in [5, 5.41) is 15.5. The Morgan fingerprint density at radius 2 is 1.89 bits per heavy atom. The first-order valence-corrected chi connectivity index (χ1v) is 9.11. The van der Waals surface area contributed by atoms with E-state index >= 15 is 0 Å². The summed E-state index contributed by atoms with van der Waals surface area (Å²) >= 11 is 0. The Hall–Kier alpha value is -3.54. The highest BCUT2D eigenvalue weighted by Crippen LogP contribution is 2.31. The molecule has 4 rings (SSSR count). The lowest BCUT2D eigenvalue weighted by molar-refractivity contribution is 0.415. The van der Waals surface area contributed by atoms with Gasteiger partial charge >= 0.3 is 0 Å². The van der Waals surface area contributed by atoms with Gasteiger partial charge < -0.3 is 4.74 Å². The van der Waals surface area contributed by atoms with Gasteiger partial charge in [-0.25, -0.2) is 5.10 Å². The zero-order chi connectivity index (χ0) is 19.3. The van der Waals surface area contributed by atoms with Gasteiger partial charge in [0.1, 0.15) is 5.75 Å². The number of nitrogens with one attached hydrogen (secondary N) is 1. The molecule has 28 heavy (non-hydrogen) atoms. The average Bonchev–Trinajstić information content (AvgIpc) is 2.75. The van der Waals surface area contributed by atoms with Crippen molar-refractivity contribution in [1.29, 1.82) is 0 Å². The molecular formula is C22H20N4O2. The number of benzene rings is 2. The summed E-state index contributed by atoms with van der Waals surface area (Å²) in [6.45, 7) is 0. The van der Waals surface area contributed by atoms with Crippen molar-refractivity contribution >= 4 is 11.9 Å². The van der Waals surface area contributed by atoms with Crippen molar-refractivity contribution < 1.29 is 4.74 Å². The Labute approximate surface area is 162 Å². The zero-order valence-corrected chi connectivity index (χ0v) is 15.5. The number of hydrogen-bond acceptors (Lipinski definition) is 5. The molecule has 0 unspecified atom stereocenters. The van der Waals surface area contributed by atoms with E-state index in [-0.39, 0.29) is 11.5 Å². The van der Waals surface area contributed by atoms with Crippen LogP contribution in [0, 0.1) is 0 Å². The molecule has 0 radical (unpaired) electrons. The molecule has 0 fully saturated rings. The maximum Gasteiger partial charge on any atom is 0.264 e. The van der Waals surface area contributed by atoms with E-state index in [1.807, 2.05) is 42.5 Å². The molecule has 2 aromatic carbocycles. The van der Waals surface area contributed by atoms with Gasteiger partial charge in [0.15, 0.2) is 0 Å². The molecule has 0 spiro atoms. The number of rotatable bonds is 4. The first-order chi connectivity index (χ1) is 13.7. The van der Waals surface area contributed by atoms with Crippen molar-refractivity contribution in [3.05, 3.63) is 93.4 Å². The number of fused-ring (bicyclic) bond motifs is 1. The SMILES string of the molecule is COc1ccc(/C=N\N=C2\C[C@@H](c3ccccc3)Cc3n[nH]c(=O)cc32)cc1. The lowest BCUT2D eigenvalue weighted by atomic mass is 9.81. The molecule has 140 valence electrons. The van der Waals surface area contributed by atoms with Crippen LogP contribution in [0.15, 0.2) is 75.7 Å². The second-order valence-corrected chi connectivity index (χ2v) is 6.67. The molecule has 6 nitrogen and oxygen atoms in total. The predicted octanol–water partition coefficient (Wildman–Crippen LogP) is 3.33. The van der Waals surface area contributed by atoms with Gasteiger partial charge in [0.05, 0.1) is 24.7 Å². The number of aromatic amines is 1. The molecule has 0 aliphatic heterocycles. The van der Waals surface area contributed by atoms with Crippen LogP contribution in [-0.2, 0) is 6.42 Å². The van der Waals surface area contributed by atoms with Gasteiger partial charge in [-0.1, -0.05) is 30.3 Å². The summed E-state index contributed by atoms with van der Waals surface area (Å²) < 4.78 is 5.16. The van der Waals surface area contributed by atoms with E-state index < -0.39 is 0 Å². The van der Waals surface area contributed by atoms with Crippen molar-refractivity contribution in [3.8, 4) is 5.75 Å². The highest BCUT2D eigenvalue weighted by Gasteiger charge is 2.26. The highest BCUT2D eigenvalue weighted by atomic mass is 16.5. The van der Waals surface area contributed by atoms with E-state index in [0.29, 0.717) is 6.42 Å². The number of aromatic nitrogens is 2. The van der Waals surface area contributed by atoms with Crippen molar-refractivity contribution in [1.82, 2.24) is 10.2 Å². The summed E-state index contributed by atoms with van der Waals surface area (Å²) in [6, 6.07) is 19.4. The third-order valence-corrected chi connectivity index (χ3v) is 4.85. The average molecular weight is 372 g/mol. The van der Waals surface area contributed by atoms with E-state index in [0.717, 1.165) is 34.7 Å². The summed E-state index contributed by atoms with van der Waals surface area (Å²) in [6.07, 6.45) is 3.16. The van der Waals surface area contributed by atoms with Gasteiger partial charge in [0, 0.05) is 11.6 Å². The first kappa shape index (κ1) is 17.9. The summed E-state index contributed by atoms with van der Waals surface area (Å²) in [7, 11) is 1.63. The third kappa shape index (κ3) is 3.91. The van der Waals surface area contributed by atoms with Crippen LogP contribution in [0.4, 0.5) is 0 Å². The van der Waals surface area contributed by atoms with Crippen LogP contribution in [0.1, 0.15) is 34.7 Å². The van der Waals surface area contributed by atoms with Gasteiger partial charge in [-0.05, 0) is 54.2 Å². The molecule has 1 aliphatic carbocycles. The summed E-state index contributed by atoms with van der Waals surface area (Å²) in [5.74, 6) is 1.04. The molecule has 1 heterocycles. The number of nitrogens with zero attached hydrogens (tertiary/aromatic N) is 3. The fourth-order valence-electron chi connectivity index (χ4n) is 3.39. The number of H-pyrrole nitrogens is 1. The fourth-order valence-corrected chi connectivity index (χ4v) is 3.39. The smallest absolute Gasteiger partial charge is 0.264 e. The number of hydrogen-bond donors (Lipinski definition) is 1. The molecule has 6 heteroatoms. The van der Waals surface area contributed by atoms with E-state index in [4.69, 9.17) is 4.74 Å². The van der Waals surface area contributed by atoms with E-state index in [1.165, 1.54) is 5.56 Å². The summed E-state index contributed by atoms with van der Waals surface area (Å²) in [4.78, 5) is 11.8. The lowest BCUT2D eigenvalue weighted by Crippen LogP contribution is -2.24. The Bertz CT molecular complexity index is 1070. The van der Waals surface area contributed by atoms with Crippen LogP contribution in [0.3, 0.4) is 0 Å². The van der Waals surface area contributed by atoms with Gasteiger partial charge in [-0.2, -0.15) is 15.3 Å². The first-order valence-electron chi connectivity index (χ1n) is 9.11. The second-order valence-electron chi connectivity index (χ2n) is 6.67. The Kier molecular flexibility index (Phi) is 5.10. The minimum Gasteiger partial charge on any atom is -0.497 e. The number of ether oxygens (including phenoxy) is 1. The van der Waals surface area contributed by atoms with Crippen LogP contribution in [0.2, 0.25) is 0 Å². The van der Waals surface area contributed by atoms with Gasteiger partial charge in [0.25, 0.3) is 5.56 Å². The zero-order valence-electron chi connectivity index (χ0n) is 15.5. The van der Waals surface area contributed by atoms with Gasteiger partial charge in [-0.15, -0.1) is 0 Å². The Morgan fingerprint density at radius 1 is 1.11 bits per heavy atom. The maximum absolute atomic E-state index is 11.8. The minimum atomic E-state index is -0.233. The maximum atomic E-state index is 11.8. The Balaban J connectivity index is 1.65. The number of methoxy groups -OCH3 is 1. The van der Waals surface area contributed by atoms with Crippen molar-refractivity contribution in [3.63, 3.8) is 0 Å². The standard InChI is InChI=1S/C22H20N4O2/c1-28-18-9-7-15(8-10-18)14-23-24-20-11-17(16-5-3-2-4-6-16)12-21-19(20)13-22(27)26-25-21/h2-10,13-14,17H,11-12H2,1H3,(H,26,27)/b23-14-,24-20-/t17-/m1/s1. The molecule has 3 aromatic rings. The molecule has 1 aromatic heterocycles. The minimum absolute atomic E-state index is 0.233. The normalized spacial score (nSPS) is 17.6. The van der Waals surface area contributed by atoms with Crippen LogP contribution in [0.25, 0.3) is 0 Å².